The highest BCUT2D eigenvalue weighted by Crippen LogP contribution is 2.40. The zero-order valence-corrected chi connectivity index (χ0v) is 8.07. The molecule has 0 saturated carbocycles. The van der Waals surface area contributed by atoms with Gasteiger partial charge in [0, 0.05) is 11.6 Å². The highest BCUT2D eigenvalue weighted by Gasteiger charge is 2.17. The van der Waals surface area contributed by atoms with Crippen LogP contribution in [0, 0.1) is 0 Å². The largest absolute Gasteiger partial charge is 0.504 e. The van der Waals surface area contributed by atoms with E-state index < -0.39 is 23.9 Å². The number of phenolic OH excluding ortho intramolecular Hbond substituents is 2. The number of aliphatic hydroxyl groups is 1. The third-order valence-electron chi connectivity index (χ3n) is 2.16. The summed E-state index contributed by atoms with van der Waals surface area (Å²) in [6, 6.07) is 1.18. The van der Waals surface area contributed by atoms with Crippen molar-refractivity contribution in [3.05, 3.63) is 24.0 Å². The molecule has 16 heavy (non-hydrogen) atoms. The van der Waals surface area contributed by atoms with Gasteiger partial charge in [0.25, 0.3) is 0 Å². The predicted octanol–water partition coefficient (Wildman–Crippen LogP) is -0.124. The Labute approximate surface area is 89.8 Å². The minimum Gasteiger partial charge on any atom is -0.504 e. The number of benzene rings is 1. The number of hydrogen-bond acceptors (Lipinski definition) is 6. The summed E-state index contributed by atoms with van der Waals surface area (Å²) in [4.78, 5) is 0. The molecule has 0 aliphatic heterocycles. The highest BCUT2D eigenvalue weighted by atomic mass is 16.3. The molecular weight excluding hydrogens is 214 g/mol. The van der Waals surface area contributed by atoms with E-state index in [0.717, 1.165) is 0 Å². The number of phenols is 3. The quantitative estimate of drug-likeness (QED) is 0.528. The van der Waals surface area contributed by atoms with E-state index in [2.05, 4.69) is 10.3 Å². The summed E-state index contributed by atoms with van der Waals surface area (Å²) in [5.41, 5.74) is 0.300. The van der Waals surface area contributed by atoms with E-state index >= 15 is 0 Å². The Morgan fingerprint density at radius 2 is 1.94 bits per heavy atom. The van der Waals surface area contributed by atoms with Crippen LogP contribution in [0.4, 0.5) is 0 Å². The van der Waals surface area contributed by atoms with E-state index in [-0.39, 0.29) is 11.3 Å². The van der Waals surface area contributed by atoms with Gasteiger partial charge in [0.1, 0.15) is 0 Å². The van der Waals surface area contributed by atoms with Gasteiger partial charge in [-0.15, -0.1) is 5.10 Å². The van der Waals surface area contributed by atoms with Crippen LogP contribution in [0.25, 0.3) is 5.69 Å². The number of aliphatic hydroxyl groups excluding tert-OH is 1. The minimum absolute atomic E-state index is 0.0563. The zero-order chi connectivity index (χ0) is 11.7. The number of hydrogen-bond donors (Lipinski definition) is 4. The molecule has 0 bridgehead atoms. The molecule has 0 radical (unpaired) electrons. The van der Waals surface area contributed by atoms with Crippen molar-refractivity contribution in [2.45, 2.75) is 6.61 Å². The van der Waals surface area contributed by atoms with Crippen LogP contribution in [-0.4, -0.2) is 35.4 Å². The number of nitrogens with zero attached hydrogens (tertiary/aromatic N) is 3. The maximum atomic E-state index is 9.53. The Hall–Kier alpha value is -2.28. The first-order valence-electron chi connectivity index (χ1n) is 4.39. The Balaban J connectivity index is 2.70. The van der Waals surface area contributed by atoms with Gasteiger partial charge in [0.2, 0.25) is 5.75 Å². The molecule has 7 heteroatoms. The SMILES string of the molecule is OCc1c(-n2ccnn2)cc(O)c(O)c1O. The van der Waals surface area contributed by atoms with Gasteiger partial charge in [-0.2, -0.15) is 0 Å². The molecule has 0 atom stereocenters. The summed E-state index contributed by atoms with van der Waals surface area (Å²) in [5, 5.41) is 44.5. The van der Waals surface area contributed by atoms with Crippen molar-refractivity contribution in [1.29, 1.82) is 0 Å². The lowest BCUT2D eigenvalue weighted by molar-refractivity contribution is 0.271. The summed E-state index contributed by atoms with van der Waals surface area (Å²) < 4.78 is 1.25. The molecule has 2 rings (SSSR count). The number of aromatic nitrogens is 3. The maximum Gasteiger partial charge on any atom is 0.200 e. The molecule has 2 aromatic rings. The van der Waals surface area contributed by atoms with Crippen LogP contribution in [0.15, 0.2) is 18.5 Å². The molecule has 4 N–H and O–H groups in total. The van der Waals surface area contributed by atoms with Crippen LogP contribution >= 0.6 is 0 Å². The fourth-order valence-electron chi connectivity index (χ4n) is 1.37. The first-order valence-corrected chi connectivity index (χ1v) is 4.39. The molecule has 1 aromatic carbocycles. The van der Waals surface area contributed by atoms with E-state index in [1.54, 1.807) is 0 Å². The second-order valence-corrected chi connectivity index (χ2v) is 3.10. The van der Waals surface area contributed by atoms with Crippen LogP contribution in [0.1, 0.15) is 5.56 Å². The third-order valence-corrected chi connectivity index (χ3v) is 2.16. The fraction of sp³-hybridized carbons (Fsp3) is 0.111. The molecule has 84 valence electrons. The topological polar surface area (TPSA) is 112 Å². The first kappa shape index (κ1) is 10.2. The van der Waals surface area contributed by atoms with Gasteiger partial charge in [0.15, 0.2) is 11.5 Å². The normalized spacial score (nSPS) is 10.6. The number of aromatic hydroxyl groups is 3. The molecule has 0 saturated heterocycles. The molecular formula is C9H9N3O4. The summed E-state index contributed by atoms with van der Waals surface area (Å²) >= 11 is 0. The van der Waals surface area contributed by atoms with E-state index in [9.17, 15) is 15.3 Å². The maximum absolute atomic E-state index is 9.53. The Kier molecular flexibility index (Phi) is 2.37. The van der Waals surface area contributed by atoms with Crippen molar-refractivity contribution in [2.75, 3.05) is 0 Å². The third kappa shape index (κ3) is 1.43. The summed E-state index contributed by atoms with van der Waals surface area (Å²) in [7, 11) is 0. The van der Waals surface area contributed by atoms with Crippen molar-refractivity contribution >= 4 is 0 Å². The molecule has 0 fully saturated rings. The van der Waals surface area contributed by atoms with E-state index in [4.69, 9.17) is 5.11 Å². The molecule has 1 aromatic heterocycles. The summed E-state index contributed by atoms with van der Waals surface area (Å²) in [6.45, 7) is -0.505. The molecule has 7 nitrogen and oxygen atoms in total. The molecule has 0 unspecified atom stereocenters. The van der Waals surface area contributed by atoms with Crippen LogP contribution < -0.4 is 0 Å². The second-order valence-electron chi connectivity index (χ2n) is 3.10. The average Bonchev–Trinajstić information content (AvgIpc) is 2.79. The van der Waals surface area contributed by atoms with Crippen LogP contribution in [0.3, 0.4) is 0 Å². The van der Waals surface area contributed by atoms with Crippen LogP contribution in [0.5, 0.6) is 17.2 Å². The molecule has 0 amide bonds. The minimum atomic E-state index is -0.673. The van der Waals surface area contributed by atoms with Crippen molar-refractivity contribution < 1.29 is 20.4 Å². The van der Waals surface area contributed by atoms with Gasteiger partial charge in [-0.1, -0.05) is 5.21 Å². The standard InChI is InChI=1S/C9H9N3O4/c13-4-5-6(12-2-1-10-11-12)3-7(14)9(16)8(5)15/h1-3,13-16H,4H2. The van der Waals surface area contributed by atoms with E-state index in [1.807, 2.05) is 0 Å². The van der Waals surface area contributed by atoms with Gasteiger partial charge < -0.3 is 20.4 Å². The first-order chi connectivity index (χ1) is 7.65. The molecule has 0 aliphatic carbocycles. The summed E-state index contributed by atoms with van der Waals surface area (Å²) in [6.07, 6.45) is 2.88. The molecule has 0 spiro atoms. The van der Waals surface area contributed by atoms with Crippen molar-refractivity contribution in [3.63, 3.8) is 0 Å². The van der Waals surface area contributed by atoms with Gasteiger partial charge in [0.05, 0.1) is 24.7 Å². The molecule has 1 heterocycles. The number of rotatable bonds is 2. The smallest absolute Gasteiger partial charge is 0.200 e. The van der Waals surface area contributed by atoms with Crippen molar-refractivity contribution in [1.82, 2.24) is 15.0 Å². The lowest BCUT2D eigenvalue weighted by Crippen LogP contribution is -2.01. The van der Waals surface area contributed by atoms with Crippen LogP contribution in [0.2, 0.25) is 0 Å². The van der Waals surface area contributed by atoms with E-state index in [0.29, 0.717) is 0 Å². The van der Waals surface area contributed by atoms with Gasteiger partial charge in [-0.05, 0) is 0 Å². The monoisotopic (exact) mass is 223 g/mol. The van der Waals surface area contributed by atoms with Crippen molar-refractivity contribution in [2.24, 2.45) is 0 Å². The van der Waals surface area contributed by atoms with Gasteiger partial charge >= 0.3 is 0 Å². The van der Waals surface area contributed by atoms with Gasteiger partial charge in [-0.3, -0.25) is 0 Å². The Bertz CT molecular complexity index is 510. The highest BCUT2D eigenvalue weighted by molar-refractivity contribution is 5.61. The lowest BCUT2D eigenvalue weighted by Gasteiger charge is -2.11. The van der Waals surface area contributed by atoms with Crippen molar-refractivity contribution in [3.8, 4) is 22.9 Å². The van der Waals surface area contributed by atoms with Gasteiger partial charge in [-0.25, -0.2) is 4.68 Å². The zero-order valence-electron chi connectivity index (χ0n) is 8.07. The van der Waals surface area contributed by atoms with Crippen LogP contribution in [-0.2, 0) is 6.61 Å². The Morgan fingerprint density at radius 1 is 1.19 bits per heavy atom. The fourth-order valence-corrected chi connectivity index (χ4v) is 1.37. The molecule has 0 aliphatic rings. The average molecular weight is 223 g/mol. The predicted molar refractivity (Wildman–Crippen MR) is 52.3 cm³/mol. The van der Waals surface area contributed by atoms with E-state index in [1.165, 1.54) is 23.1 Å². The summed E-state index contributed by atoms with van der Waals surface area (Å²) in [5.74, 6) is -1.75. The lowest BCUT2D eigenvalue weighted by atomic mass is 10.1. The second kappa shape index (κ2) is 3.70. The Morgan fingerprint density at radius 3 is 2.50 bits per heavy atom.